The zero-order valence-electron chi connectivity index (χ0n) is 15.2. The summed E-state index contributed by atoms with van der Waals surface area (Å²) >= 11 is 0. The lowest BCUT2D eigenvalue weighted by Crippen LogP contribution is -2.32. The van der Waals surface area contributed by atoms with Gasteiger partial charge in [-0.05, 0) is 48.9 Å². The molecule has 26 heavy (non-hydrogen) atoms. The van der Waals surface area contributed by atoms with E-state index < -0.39 is 0 Å². The molecule has 1 aromatic heterocycles. The Bertz CT molecular complexity index is 709. The van der Waals surface area contributed by atoms with Gasteiger partial charge in [-0.3, -0.25) is 9.78 Å². The first-order valence-electron chi connectivity index (χ1n) is 9.27. The van der Waals surface area contributed by atoms with Crippen LogP contribution in [0.4, 0.5) is 0 Å². The molecular weight excluding hydrogens is 328 g/mol. The lowest BCUT2D eigenvalue weighted by molar-refractivity contribution is 0.0642. The Balaban J connectivity index is 1.48. The third-order valence-corrected chi connectivity index (χ3v) is 4.66. The predicted octanol–water partition coefficient (Wildman–Crippen LogP) is 3.38. The summed E-state index contributed by atoms with van der Waals surface area (Å²) in [5.41, 5.74) is 2.62. The first kappa shape index (κ1) is 18.4. The standard InChI is InChI=1S/C21H26N2O3/c1-2-16-4-3-5-19(12-16)26-15-18-6-7-20(22-14-18)21(24)23-13-17-8-10-25-11-9-17/h3-7,12,14,17H,2,8-11,13,15H2,1H3,(H,23,24). The minimum atomic E-state index is -0.125. The fourth-order valence-corrected chi connectivity index (χ4v) is 2.94. The zero-order chi connectivity index (χ0) is 18.2. The van der Waals surface area contributed by atoms with Crippen molar-refractivity contribution in [1.29, 1.82) is 0 Å². The third-order valence-electron chi connectivity index (χ3n) is 4.66. The highest BCUT2D eigenvalue weighted by atomic mass is 16.5. The molecule has 1 aromatic carbocycles. The van der Waals surface area contributed by atoms with Crippen LogP contribution < -0.4 is 10.1 Å². The molecule has 0 radical (unpaired) electrons. The minimum absolute atomic E-state index is 0.125. The zero-order valence-corrected chi connectivity index (χ0v) is 15.2. The van der Waals surface area contributed by atoms with Gasteiger partial charge in [-0.1, -0.05) is 25.1 Å². The number of carbonyl (C=O) groups is 1. The Hall–Kier alpha value is -2.40. The number of aryl methyl sites for hydroxylation is 1. The molecule has 1 fully saturated rings. The summed E-state index contributed by atoms with van der Waals surface area (Å²) in [5.74, 6) is 1.22. The quantitative estimate of drug-likeness (QED) is 0.828. The predicted molar refractivity (Wildman–Crippen MR) is 100 cm³/mol. The second-order valence-electron chi connectivity index (χ2n) is 6.61. The SMILES string of the molecule is CCc1cccc(OCc2ccc(C(=O)NCC3CCOCC3)nc2)c1. The van der Waals surface area contributed by atoms with E-state index in [1.165, 1.54) is 5.56 Å². The van der Waals surface area contributed by atoms with Crippen LogP contribution in [0.25, 0.3) is 0 Å². The second kappa shape index (κ2) is 9.34. The number of amides is 1. The first-order chi connectivity index (χ1) is 12.7. The third kappa shape index (κ3) is 5.30. The maximum absolute atomic E-state index is 12.2. The maximum atomic E-state index is 12.2. The average molecular weight is 354 g/mol. The van der Waals surface area contributed by atoms with Gasteiger partial charge in [0.1, 0.15) is 18.1 Å². The molecule has 5 nitrogen and oxygen atoms in total. The van der Waals surface area contributed by atoms with Crippen molar-refractivity contribution in [3.05, 3.63) is 59.4 Å². The van der Waals surface area contributed by atoms with Crippen LogP contribution in [0.2, 0.25) is 0 Å². The van der Waals surface area contributed by atoms with Gasteiger partial charge in [-0.2, -0.15) is 0 Å². The molecule has 0 saturated carbocycles. The Labute approximate surface area is 154 Å². The van der Waals surface area contributed by atoms with E-state index in [1.807, 2.05) is 24.3 Å². The van der Waals surface area contributed by atoms with Gasteiger partial charge in [0.2, 0.25) is 0 Å². The van der Waals surface area contributed by atoms with Gasteiger partial charge in [-0.15, -0.1) is 0 Å². The Kier molecular flexibility index (Phi) is 6.61. The van der Waals surface area contributed by atoms with Crippen molar-refractivity contribution in [2.45, 2.75) is 32.8 Å². The monoisotopic (exact) mass is 354 g/mol. The van der Waals surface area contributed by atoms with Crippen LogP contribution in [0.3, 0.4) is 0 Å². The van der Waals surface area contributed by atoms with Crippen LogP contribution in [-0.2, 0) is 17.8 Å². The lowest BCUT2D eigenvalue weighted by Gasteiger charge is -2.22. The fraction of sp³-hybridized carbons (Fsp3) is 0.429. The van der Waals surface area contributed by atoms with Gasteiger partial charge in [0.25, 0.3) is 5.91 Å². The molecule has 2 aromatic rings. The summed E-state index contributed by atoms with van der Waals surface area (Å²) in [5, 5.41) is 2.97. The van der Waals surface area contributed by atoms with E-state index >= 15 is 0 Å². The van der Waals surface area contributed by atoms with Crippen LogP contribution >= 0.6 is 0 Å². The van der Waals surface area contributed by atoms with E-state index in [2.05, 4.69) is 23.3 Å². The minimum Gasteiger partial charge on any atom is -0.489 e. The number of pyridine rings is 1. The van der Waals surface area contributed by atoms with Gasteiger partial charge < -0.3 is 14.8 Å². The smallest absolute Gasteiger partial charge is 0.269 e. The number of carbonyl (C=O) groups excluding carboxylic acids is 1. The number of ether oxygens (including phenoxy) is 2. The maximum Gasteiger partial charge on any atom is 0.269 e. The molecule has 0 aliphatic carbocycles. The second-order valence-corrected chi connectivity index (χ2v) is 6.61. The average Bonchev–Trinajstić information content (AvgIpc) is 2.72. The number of aromatic nitrogens is 1. The summed E-state index contributed by atoms with van der Waals surface area (Å²) in [4.78, 5) is 16.5. The van der Waals surface area contributed by atoms with Crippen molar-refractivity contribution in [3.63, 3.8) is 0 Å². The van der Waals surface area contributed by atoms with E-state index in [-0.39, 0.29) is 5.91 Å². The summed E-state index contributed by atoms with van der Waals surface area (Å²) in [6.07, 6.45) is 4.69. The van der Waals surface area contributed by atoms with Crippen molar-refractivity contribution in [2.24, 2.45) is 5.92 Å². The van der Waals surface area contributed by atoms with Crippen molar-refractivity contribution >= 4 is 5.91 Å². The molecule has 1 saturated heterocycles. The topological polar surface area (TPSA) is 60.5 Å². The molecule has 1 aliphatic heterocycles. The summed E-state index contributed by atoms with van der Waals surface area (Å²) in [6.45, 7) is 4.81. The molecule has 1 N–H and O–H groups in total. The van der Waals surface area contributed by atoms with Gasteiger partial charge in [0, 0.05) is 31.5 Å². The highest BCUT2D eigenvalue weighted by molar-refractivity contribution is 5.92. The highest BCUT2D eigenvalue weighted by Crippen LogP contribution is 2.16. The fourth-order valence-electron chi connectivity index (χ4n) is 2.94. The molecule has 1 amide bonds. The van der Waals surface area contributed by atoms with Gasteiger partial charge >= 0.3 is 0 Å². The molecule has 5 heteroatoms. The lowest BCUT2D eigenvalue weighted by atomic mass is 10.0. The number of hydrogen-bond acceptors (Lipinski definition) is 4. The molecule has 3 rings (SSSR count). The molecule has 0 atom stereocenters. The van der Waals surface area contributed by atoms with Crippen molar-refractivity contribution in [2.75, 3.05) is 19.8 Å². The van der Waals surface area contributed by atoms with Gasteiger partial charge in [0.15, 0.2) is 0 Å². The number of nitrogens with one attached hydrogen (secondary N) is 1. The van der Waals surface area contributed by atoms with Gasteiger partial charge in [-0.25, -0.2) is 0 Å². The van der Waals surface area contributed by atoms with Crippen LogP contribution in [0.1, 0.15) is 41.4 Å². The number of nitrogens with zero attached hydrogens (tertiary/aromatic N) is 1. The Morgan fingerprint density at radius 2 is 2.08 bits per heavy atom. The van der Waals surface area contributed by atoms with E-state index in [0.29, 0.717) is 24.8 Å². The van der Waals surface area contributed by atoms with Crippen LogP contribution in [0.5, 0.6) is 5.75 Å². The van der Waals surface area contributed by atoms with E-state index in [1.54, 1.807) is 12.3 Å². The molecule has 0 bridgehead atoms. The summed E-state index contributed by atoms with van der Waals surface area (Å²) in [7, 11) is 0. The molecule has 1 aliphatic rings. The molecule has 2 heterocycles. The van der Waals surface area contributed by atoms with Crippen molar-refractivity contribution < 1.29 is 14.3 Å². The molecule has 0 spiro atoms. The van der Waals surface area contributed by atoms with E-state index in [0.717, 1.165) is 43.8 Å². The van der Waals surface area contributed by atoms with Crippen molar-refractivity contribution in [1.82, 2.24) is 10.3 Å². The van der Waals surface area contributed by atoms with Crippen LogP contribution in [-0.4, -0.2) is 30.6 Å². The number of hydrogen-bond donors (Lipinski definition) is 1. The first-order valence-corrected chi connectivity index (χ1v) is 9.27. The van der Waals surface area contributed by atoms with Crippen LogP contribution in [0, 0.1) is 5.92 Å². The Morgan fingerprint density at radius 1 is 1.23 bits per heavy atom. The summed E-state index contributed by atoms with van der Waals surface area (Å²) < 4.78 is 11.1. The number of benzene rings is 1. The normalized spacial score (nSPS) is 14.8. The molecule has 138 valence electrons. The van der Waals surface area contributed by atoms with Gasteiger partial charge in [0.05, 0.1) is 0 Å². The molecule has 0 unspecified atom stereocenters. The molecular formula is C21H26N2O3. The Morgan fingerprint density at radius 3 is 2.81 bits per heavy atom. The largest absolute Gasteiger partial charge is 0.489 e. The van der Waals surface area contributed by atoms with Crippen LogP contribution in [0.15, 0.2) is 42.6 Å². The number of rotatable bonds is 7. The van der Waals surface area contributed by atoms with E-state index in [9.17, 15) is 4.79 Å². The summed E-state index contributed by atoms with van der Waals surface area (Å²) in [6, 6.07) is 11.7. The highest BCUT2D eigenvalue weighted by Gasteiger charge is 2.15. The van der Waals surface area contributed by atoms with Crippen molar-refractivity contribution in [3.8, 4) is 5.75 Å². The van der Waals surface area contributed by atoms with E-state index in [4.69, 9.17) is 9.47 Å².